The maximum absolute atomic E-state index is 11.9. The lowest BCUT2D eigenvalue weighted by atomic mass is 10.1. The number of furan rings is 1. The van der Waals surface area contributed by atoms with Gasteiger partial charge < -0.3 is 18.8 Å². The van der Waals surface area contributed by atoms with Crippen molar-refractivity contribution in [2.75, 3.05) is 38.3 Å². The summed E-state index contributed by atoms with van der Waals surface area (Å²) >= 11 is 0. The van der Waals surface area contributed by atoms with E-state index in [1.807, 2.05) is 36.4 Å². The van der Waals surface area contributed by atoms with E-state index in [1.54, 1.807) is 7.11 Å². The average molecular weight is 343 g/mol. The van der Waals surface area contributed by atoms with Crippen LogP contribution in [0.1, 0.15) is 11.3 Å². The number of benzene rings is 1. The first-order chi connectivity index (χ1) is 12.2. The first kappa shape index (κ1) is 17.0. The number of hydrazone groups is 1. The molecule has 1 N–H and O–H groups in total. The number of nitrogens with one attached hydrogen (secondary N) is 1. The Morgan fingerprint density at radius 2 is 2.00 bits per heavy atom. The van der Waals surface area contributed by atoms with Crippen LogP contribution in [0.4, 0.5) is 5.88 Å². The molecular weight excluding hydrogens is 322 g/mol. The minimum absolute atomic E-state index is 0.193. The second kappa shape index (κ2) is 8.34. The Kier molecular flexibility index (Phi) is 5.69. The van der Waals surface area contributed by atoms with Crippen molar-refractivity contribution in [3.63, 3.8) is 0 Å². The highest BCUT2D eigenvalue weighted by atomic mass is 16.5. The Balaban J connectivity index is 1.48. The summed E-state index contributed by atoms with van der Waals surface area (Å²) in [6.07, 6.45) is 1.74. The van der Waals surface area contributed by atoms with Crippen molar-refractivity contribution in [2.45, 2.75) is 6.42 Å². The molecule has 25 heavy (non-hydrogen) atoms. The summed E-state index contributed by atoms with van der Waals surface area (Å²) in [5.74, 6) is 1.94. The Morgan fingerprint density at radius 3 is 2.72 bits per heavy atom. The summed E-state index contributed by atoms with van der Waals surface area (Å²) in [4.78, 5) is 14.0. The number of hydrogen-bond acceptors (Lipinski definition) is 6. The fraction of sp³-hybridized carbons (Fsp3) is 0.333. The molecule has 1 amide bonds. The zero-order chi connectivity index (χ0) is 17.5. The van der Waals surface area contributed by atoms with Gasteiger partial charge in [-0.05, 0) is 23.8 Å². The fourth-order valence-corrected chi connectivity index (χ4v) is 2.50. The summed E-state index contributed by atoms with van der Waals surface area (Å²) in [7, 11) is 1.61. The lowest BCUT2D eigenvalue weighted by Crippen LogP contribution is -2.35. The van der Waals surface area contributed by atoms with Crippen LogP contribution in [0.5, 0.6) is 5.75 Å². The lowest BCUT2D eigenvalue weighted by molar-refractivity contribution is -0.120. The molecule has 132 valence electrons. The highest BCUT2D eigenvalue weighted by Gasteiger charge is 2.14. The van der Waals surface area contributed by atoms with Gasteiger partial charge in [-0.25, -0.2) is 5.43 Å². The van der Waals surface area contributed by atoms with Crippen LogP contribution in [0.3, 0.4) is 0 Å². The highest BCUT2D eigenvalue weighted by molar-refractivity contribution is 5.82. The van der Waals surface area contributed by atoms with Crippen LogP contribution in [-0.2, 0) is 16.0 Å². The predicted molar refractivity (Wildman–Crippen MR) is 94.2 cm³/mol. The predicted octanol–water partition coefficient (Wildman–Crippen LogP) is 1.82. The number of nitrogens with zero attached hydrogens (tertiary/aromatic N) is 2. The standard InChI is InChI=1S/C18H21N3O4/c1-23-15-4-2-14(3-5-15)12-17(22)20-19-13-16-6-7-18(25-16)21-8-10-24-11-9-21/h2-7,13H,8-12H2,1H3,(H,20,22)/b19-13+. The number of anilines is 1. The molecule has 2 heterocycles. The van der Waals surface area contributed by atoms with Gasteiger partial charge in [-0.1, -0.05) is 12.1 Å². The van der Waals surface area contributed by atoms with Crippen molar-refractivity contribution in [1.29, 1.82) is 0 Å². The van der Waals surface area contributed by atoms with Crippen LogP contribution in [0.25, 0.3) is 0 Å². The van der Waals surface area contributed by atoms with Gasteiger partial charge in [0.2, 0.25) is 5.91 Å². The van der Waals surface area contributed by atoms with Crippen molar-refractivity contribution in [2.24, 2.45) is 5.10 Å². The highest BCUT2D eigenvalue weighted by Crippen LogP contribution is 2.18. The normalized spacial score (nSPS) is 14.7. The minimum atomic E-state index is -0.193. The molecule has 1 aliphatic rings. The van der Waals surface area contributed by atoms with Gasteiger partial charge in [0.05, 0.1) is 33.0 Å². The molecule has 7 nitrogen and oxygen atoms in total. The molecule has 1 aliphatic heterocycles. The SMILES string of the molecule is COc1ccc(CC(=O)N/N=C/c2ccc(N3CCOCC3)o2)cc1. The summed E-state index contributed by atoms with van der Waals surface area (Å²) in [6.45, 7) is 3.02. The van der Waals surface area contributed by atoms with Gasteiger partial charge in [0.25, 0.3) is 0 Å². The Hall–Kier alpha value is -2.80. The molecule has 0 bridgehead atoms. The third kappa shape index (κ3) is 4.84. The van der Waals surface area contributed by atoms with Crippen molar-refractivity contribution in [3.8, 4) is 5.75 Å². The van der Waals surface area contributed by atoms with E-state index in [0.29, 0.717) is 19.0 Å². The third-order valence-electron chi connectivity index (χ3n) is 3.84. The van der Waals surface area contributed by atoms with E-state index in [-0.39, 0.29) is 12.3 Å². The second-order valence-corrected chi connectivity index (χ2v) is 5.59. The van der Waals surface area contributed by atoms with Crippen LogP contribution in [0.2, 0.25) is 0 Å². The second-order valence-electron chi connectivity index (χ2n) is 5.59. The van der Waals surface area contributed by atoms with E-state index in [2.05, 4.69) is 15.4 Å². The van der Waals surface area contributed by atoms with Crippen LogP contribution in [-0.4, -0.2) is 45.5 Å². The summed E-state index contributed by atoms with van der Waals surface area (Å²) in [5, 5.41) is 3.94. The fourth-order valence-electron chi connectivity index (χ4n) is 2.50. The first-order valence-electron chi connectivity index (χ1n) is 8.12. The van der Waals surface area contributed by atoms with Gasteiger partial charge in [0.15, 0.2) is 5.88 Å². The molecule has 1 aromatic carbocycles. The van der Waals surface area contributed by atoms with Gasteiger partial charge >= 0.3 is 0 Å². The molecule has 0 saturated carbocycles. The number of carbonyl (C=O) groups is 1. The molecule has 2 aromatic rings. The molecule has 0 atom stereocenters. The lowest BCUT2D eigenvalue weighted by Gasteiger charge is -2.26. The molecular formula is C18H21N3O4. The molecule has 1 fully saturated rings. The Labute approximate surface area is 146 Å². The van der Waals surface area contributed by atoms with Crippen LogP contribution >= 0.6 is 0 Å². The summed E-state index contributed by atoms with van der Waals surface area (Å²) in [6, 6.07) is 11.1. The Morgan fingerprint density at radius 1 is 1.24 bits per heavy atom. The zero-order valence-electron chi connectivity index (χ0n) is 14.1. The van der Waals surface area contributed by atoms with Crippen molar-refractivity contribution < 1.29 is 18.7 Å². The van der Waals surface area contributed by atoms with Crippen molar-refractivity contribution >= 4 is 18.0 Å². The largest absolute Gasteiger partial charge is 0.497 e. The van der Waals surface area contributed by atoms with E-state index >= 15 is 0 Å². The molecule has 1 saturated heterocycles. The summed E-state index contributed by atoms with van der Waals surface area (Å²) < 4.78 is 16.1. The molecule has 3 rings (SSSR count). The van der Waals surface area contributed by atoms with E-state index < -0.39 is 0 Å². The Bertz CT molecular complexity index is 718. The molecule has 1 aromatic heterocycles. The maximum Gasteiger partial charge on any atom is 0.244 e. The number of morpholine rings is 1. The number of carbonyl (C=O) groups excluding carboxylic acids is 1. The number of methoxy groups -OCH3 is 1. The monoisotopic (exact) mass is 343 g/mol. The van der Waals surface area contributed by atoms with Gasteiger partial charge in [-0.15, -0.1) is 0 Å². The topological polar surface area (TPSA) is 76.3 Å². The average Bonchev–Trinajstić information content (AvgIpc) is 3.12. The molecule has 0 radical (unpaired) electrons. The number of ether oxygens (including phenoxy) is 2. The van der Waals surface area contributed by atoms with Crippen molar-refractivity contribution in [1.82, 2.24) is 5.43 Å². The van der Waals surface area contributed by atoms with Gasteiger partial charge in [0, 0.05) is 19.2 Å². The van der Waals surface area contributed by atoms with Crippen LogP contribution in [0.15, 0.2) is 45.9 Å². The van der Waals surface area contributed by atoms with Gasteiger partial charge in [-0.3, -0.25) is 4.79 Å². The summed E-state index contributed by atoms with van der Waals surface area (Å²) in [5.41, 5.74) is 3.39. The smallest absolute Gasteiger partial charge is 0.244 e. The number of rotatable bonds is 6. The number of amides is 1. The molecule has 7 heteroatoms. The quantitative estimate of drug-likeness (QED) is 0.639. The van der Waals surface area contributed by atoms with Crippen LogP contribution in [0, 0.1) is 0 Å². The molecule has 0 unspecified atom stereocenters. The molecule has 0 aliphatic carbocycles. The first-order valence-corrected chi connectivity index (χ1v) is 8.12. The maximum atomic E-state index is 11.9. The molecule has 0 spiro atoms. The zero-order valence-corrected chi connectivity index (χ0v) is 14.1. The number of hydrogen-bond donors (Lipinski definition) is 1. The minimum Gasteiger partial charge on any atom is -0.497 e. The van der Waals surface area contributed by atoms with Gasteiger partial charge in [0.1, 0.15) is 11.5 Å². The van der Waals surface area contributed by atoms with Gasteiger partial charge in [-0.2, -0.15) is 5.10 Å². The van der Waals surface area contributed by atoms with Crippen LogP contribution < -0.4 is 15.1 Å². The van der Waals surface area contributed by atoms with Crippen molar-refractivity contribution in [3.05, 3.63) is 47.7 Å². The van der Waals surface area contributed by atoms with E-state index in [9.17, 15) is 4.79 Å². The van der Waals surface area contributed by atoms with E-state index in [1.165, 1.54) is 6.21 Å². The third-order valence-corrected chi connectivity index (χ3v) is 3.84. The van der Waals surface area contributed by atoms with E-state index in [4.69, 9.17) is 13.9 Å². The van der Waals surface area contributed by atoms with E-state index in [0.717, 1.165) is 30.3 Å².